The topological polar surface area (TPSA) is 72.8 Å². The number of hydrogen-bond donors (Lipinski definition) is 1. The lowest BCUT2D eigenvalue weighted by molar-refractivity contribution is -0.161. The van der Waals surface area contributed by atoms with Crippen molar-refractivity contribution in [2.45, 2.75) is 200 Å². The first-order chi connectivity index (χ1) is 21.6. The molecule has 0 fully saturated rings. The number of carbonyl (C=O) groups excluding carboxylic acids is 2. The summed E-state index contributed by atoms with van der Waals surface area (Å²) in [5.74, 6) is -0.601. The molecule has 0 spiro atoms. The van der Waals surface area contributed by atoms with Gasteiger partial charge in [-0.25, -0.2) is 0 Å². The molecular formula is C39H72O5. The van der Waals surface area contributed by atoms with Crippen LogP contribution in [-0.4, -0.2) is 36.4 Å². The summed E-state index contributed by atoms with van der Waals surface area (Å²) in [6.07, 6.45) is 40.9. The van der Waals surface area contributed by atoms with E-state index in [1.165, 1.54) is 116 Å². The van der Waals surface area contributed by atoms with Crippen LogP contribution >= 0.6 is 0 Å². The van der Waals surface area contributed by atoms with E-state index in [9.17, 15) is 14.7 Å². The molecule has 0 radical (unpaired) electrons. The number of aliphatic hydroxyl groups excluding tert-OH is 1. The first-order valence-electron chi connectivity index (χ1n) is 18.9. The first-order valence-corrected chi connectivity index (χ1v) is 18.9. The summed E-state index contributed by atoms with van der Waals surface area (Å²) >= 11 is 0. The van der Waals surface area contributed by atoms with Crippen molar-refractivity contribution in [1.29, 1.82) is 0 Å². The number of ether oxygens (including phenoxy) is 2. The summed E-state index contributed by atoms with van der Waals surface area (Å²) in [6, 6.07) is 0. The molecule has 1 N–H and O–H groups in total. The summed E-state index contributed by atoms with van der Waals surface area (Å²) in [5.41, 5.74) is 0. The van der Waals surface area contributed by atoms with Crippen molar-refractivity contribution in [3.63, 3.8) is 0 Å². The van der Waals surface area contributed by atoms with Gasteiger partial charge in [-0.3, -0.25) is 9.59 Å². The van der Waals surface area contributed by atoms with Gasteiger partial charge in [0.15, 0.2) is 6.10 Å². The molecule has 5 nitrogen and oxygen atoms in total. The van der Waals surface area contributed by atoms with E-state index in [1.807, 2.05) is 0 Å². The van der Waals surface area contributed by atoms with Crippen molar-refractivity contribution in [3.05, 3.63) is 24.3 Å². The van der Waals surface area contributed by atoms with Crippen molar-refractivity contribution < 1.29 is 24.2 Å². The lowest BCUT2D eigenvalue weighted by atomic mass is 10.0. The fourth-order valence-electron chi connectivity index (χ4n) is 5.33. The minimum absolute atomic E-state index is 0.0693. The average Bonchev–Trinajstić information content (AvgIpc) is 3.02. The molecule has 0 aliphatic heterocycles. The summed E-state index contributed by atoms with van der Waals surface area (Å²) in [7, 11) is 0. The van der Waals surface area contributed by atoms with Crippen LogP contribution < -0.4 is 0 Å². The fourth-order valence-corrected chi connectivity index (χ4v) is 5.33. The Morgan fingerprint density at radius 3 is 1.41 bits per heavy atom. The normalized spacial score (nSPS) is 12.3. The van der Waals surface area contributed by atoms with Gasteiger partial charge >= 0.3 is 11.9 Å². The summed E-state index contributed by atoms with van der Waals surface area (Å²) < 4.78 is 10.6. The Labute approximate surface area is 273 Å². The van der Waals surface area contributed by atoms with Crippen LogP contribution in [0.15, 0.2) is 24.3 Å². The Kier molecular flexibility index (Phi) is 34.5. The molecule has 0 heterocycles. The largest absolute Gasteiger partial charge is 0.462 e. The standard InChI is InChI=1S/C39H72O5/c1-3-5-7-9-11-13-15-17-19-20-22-24-26-28-30-32-34-39(42)44-37(35-40)36-43-38(41)33-31-29-27-25-23-21-18-16-14-12-10-8-6-4-2/h10,12,16,18,37,40H,3-9,11,13-15,17,19-36H2,1-2H3/b12-10-,18-16-/t37-/m0/s1. The minimum atomic E-state index is -0.771. The molecule has 258 valence electrons. The SMILES string of the molecule is CCCC/C=C\C/C=C\CCCCCCCC(=O)OC[C@H](CO)OC(=O)CCCCCCCCCCCCCCCCCC. The van der Waals surface area contributed by atoms with E-state index >= 15 is 0 Å². The van der Waals surface area contributed by atoms with Crippen molar-refractivity contribution in [2.24, 2.45) is 0 Å². The van der Waals surface area contributed by atoms with Gasteiger partial charge in [0.1, 0.15) is 6.61 Å². The molecule has 0 unspecified atom stereocenters. The molecule has 0 amide bonds. The third-order valence-corrected chi connectivity index (χ3v) is 8.25. The monoisotopic (exact) mass is 621 g/mol. The summed E-state index contributed by atoms with van der Waals surface area (Å²) in [5, 5.41) is 9.53. The summed E-state index contributed by atoms with van der Waals surface area (Å²) in [6.45, 7) is 4.09. The highest BCUT2D eigenvalue weighted by Crippen LogP contribution is 2.14. The lowest BCUT2D eigenvalue weighted by Crippen LogP contribution is -2.28. The Morgan fingerprint density at radius 1 is 0.523 bits per heavy atom. The Bertz CT molecular complexity index is 671. The highest BCUT2D eigenvalue weighted by Gasteiger charge is 2.16. The predicted molar refractivity (Wildman–Crippen MR) is 187 cm³/mol. The van der Waals surface area contributed by atoms with Gasteiger partial charge in [-0.15, -0.1) is 0 Å². The van der Waals surface area contributed by atoms with Gasteiger partial charge in [0.2, 0.25) is 0 Å². The van der Waals surface area contributed by atoms with E-state index in [0.29, 0.717) is 12.8 Å². The molecular weight excluding hydrogens is 548 g/mol. The van der Waals surface area contributed by atoms with Crippen LogP contribution in [0.4, 0.5) is 0 Å². The van der Waals surface area contributed by atoms with Crippen LogP contribution in [0.25, 0.3) is 0 Å². The molecule has 44 heavy (non-hydrogen) atoms. The van der Waals surface area contributed by atoms with E-state index in [4.69, 9.17) is 9.47 Å². The molecule has 0 saturated carbocycles. The third-order valence-electron chi connectivity index (χ3n) is 8.25. The van der Waals surface area contributed by atoms with Crippen LogP contribution in [0.5, 0.6) is 0 Å². The molecule has 0 aromatic rings. The molecule has 0 aromatic heterocycles. The zero-order valence-electron chi connectivity index (χ0n) is 29.2. The van der Waals surface area contributed by atoms with E-state index in [1.54, 1.807) is 0 Å². The number of rotatable bonds is 34. The fraction of sp³-hybridized carbons (Fsp3) is 0.846. The maximum Gasteiger partial charge on any atom is 0.306 e. The lowest BCUT2D eigenvalue weighted by Gasteiger charge is -2.15. The van der Waals surface area contributed by atoms with E-state index < -0.39 is 6.10 Å². The van der Waals surface area contributed by atoms with Gasteiger partial charge in [-0.1, -0.05) is 167 Å². The van der Waals surface area contributed by atoms with Gasteiger partial charge in [0, 0.05) is 12.8 Å². The number of carbonyl (C=O) groups is 2. The third kappa shape index (κ3) is 33.3. The molecule has 0 rings (SSSR count). The maximum absolute atomic E-state index is 12.1. The molecule has 0 bridgehead atoms. The first kappa shape index (κ1) is 42.4. The zero-order valence-corrected chi connectivity index (χ0v) is 29.2. The maximum atomic E-state index is 12.1. The van der Waals surface area contributed by atoms with Crippen molar-refractivity contribution in [3.8, 4) is 0 Å². The van der Waals surface area contributed by atoms with Crippen molar-refractivity contribution >= 4 is 11.9 Å². The molecule has 5 heteroatoms. The Hall–Kier alpha value is -1.62. The van der Waals surface area contributed by atoms with E-state index in [0.717, 1.165) is 51.4 Å². The number of unbranched alkanes of at least 4 members (excludes halogenated alkanes) is 22. The Balaban J connectivity index is 3.55. The molecule has 0 aromatic carbocycles. The Morgan fingerprint density at radius 2 is 0.932 bits per heavy atom. The predicted octanol–water partition coefficient (Wildman–Crippen LogP) is 11.5. The smallest absolute Gasteiger partial charge is 0.306 e. The second-order valence-corrected chi connectivity index (χ2v) is 12.7. The minimum Gasteiger partial charge on any atom is -0.462 e. The van der Waals surface area contributed by atoms with Crippen molar-refractivity contribution in [2.75, 3.05) is 13.2 Å². The molecule has 1 atom stereocenters. The number of esters is 2. The van der Waals surface area contributed by atoms with Gasteiger partial charge in [0.25, 0.3) is 0 Å². The van der Waals surface area contributed by atoms with Crippen LogP contribution in [0.2, 0.25) is 0 Å². The zero-order chi connectivity index (χ0) is 32.2. The highest BCUT2D eigenvalue weighted by atomic mass is 16.6. The van der Waals surface area contributed by atoms with Gasteiger partial charge < -0.3 is 14.6 Å². The number of hydrogen-bond acceptors (Lipinski definition) is 5. The summed E-state index contributed by atoms with van der Waals surface area (Å²) in [4.78, 5) is 24.2. The second-order valence-electron chi connectivity index (χ2n) is 12.7. The van der Waals surface area contributed by atoms with Crippen LogP contribution in [0.3, 0.4) is 0 Å². The highest BCUT2D eigenvalue weighted by molar-refractivity contribution is 5.70. The number of aliphatic hydroxyl groups is 1. The molecule has 0 saturated heterocycles. The van der Waals surface area contributed by atoms with E-state index in [-0.39, 0.29) is 25.2 Å². The molecule has 0 aliphatic rings. The van der Waals surface area contributed by atoms with Gasteiger partial charge in [0.05, 0.1) is 6.61 Å². The second kappa shape index (κ2) is 35.9. The van der Waals surface area contributed by atoms with Crippen LogP contribution in [0.1, 0.15) is 194 Å². The van der Waals surface area contributed by atoms with Gasteiger partial charge in [-0.2, -0.15) is 0 Å². The van der Waals surface area contributed by atoms with Crippen LogP contribution in [0, 0.1) is 0 Å². The quantitative estimate of drug-likeness (QED) is 0.0440. The average molecular weight is 621 g/mol. The van der Waals surface area contributed by atoms with Crippen LogP contribution in [-0.2, 0) is 19.1 Å². The van der Waals surface area contributed by atoms with Gasteiger partial charge in [-0.05, 0) is 38.5 Å². The number of allylic oxidation sites excluding steroid dienone is 4. The molecule has 0 aliphatic carbocycles. The van der Waals surface area contributed by atoms with Crippen molar-refractivity contribution in [1.82, 2.24) is 0 Å². The van der Waals surface area contributed by atoms with E-state index in [2.05, 4.69) is 38.2 Å².